The maximum atomic E-state index is 12.6. The van der Waals surface area contributed by atoms with Gasteiger partial charge in [-0.2, -0.15) is 0 Å². The third-order valence-corrected chi connectivity index (χ3v) is 5.15. The van der Waals surface area contributed by atoms with E-state index in [1.807, 2.05) is 32.0 Å². The lowest BCUT2D eigenvalue weighted by atomic mass is 10.2. The summed E-state index contributed by atoms with van der Waals surface area (Å²) in [6.45, 7) is 3.79. The molecule has 0 aromatic heterocycles. The van der Waals surface area contributed by atoms with Crippen molar-refractivity contribution in [1.82, 2.24) is 0 Å². The molecule has 7 heteroatoms. The lowest BCUT2D eigenvalue weighted by molar-refractivity contribution is -0.384. The van der Waals surface area contributed by atoms with E-state index in [1.54, 1.807) is 24.1 Å². The minimum Gasteiger partial charge on any atom is -0.314 e. The van der Waals surface area contributed by atoms with Crippen LogP contribution in [0.5, 0.6) is 0 Å². The van der Waals surface area contributed by atoms with Crippen molar-refractivity contribution < 1.29 is 9.72 Å². The van der Waals surface area contributed by atoms with Crippen LogP contribution >= 0.6 is 27.7 Å². The molecule has 0 aliphatic heterocycles. The van der Waals surface area contributed by atoms with E-state index < -0.39 is 4.92 Å². The van der Waals surface area contributed by atoms with E-state index in [9.17, 15) is 14.9 Å². The normalized spacial score (nSPS) is 11.8. The largest absolute Gasteiger partial charge is 0.314 e. The Morgan fingerprint density at radius 3 is 2.42 bits per heavy atom. The van der Waals surface area contributed by atoms with E-state index >= 15 is 0 Å². The average molecular weight is 409 g/mol. The first-order chi connectivity index (χ1) is 11.3. The van der Waals surface area contributed by atoms with Crippen molar-refractivity contribution >= 4 is 45.0 Å². The predicted octanol–water partition coefficient (Wildman–Crippen LogP) is 4.81. The van der Waals surface area contributed by atoms with Gasteiger partial charge in [0.1, 0.15) is 0 Å². The molecule has 0 fully saturated rings. The fourth-order valence-corrected chi connectivity index (χ4v) is 3.72. The SMILES string of the molecule is Cc1cc(Br)ccc1N(C)C(=O)C(C)Sc1ccc([N+](=O)[O-])cc1. The molecule has 0 saturated heterocycles. The highest BCUT2D eigenvalue weighted by molar-refractivity contribution is 9.10. The van der Waals surface area contributed by atoms with Crippen molar-refractivity contribution in [2.75, 3.05) is 11.9 Å². The highest BCUT2D eigenvalue weighted by atomic mass is 79.9. The third-order valence-electron chi connectivity index (χ3n) is 3.56. The molecule has 0 aliphatic carbocycles. The van der Waals surface area contributed by atoms with Crippen molar-refractivity contribution in [3.63, 3.8) is 0 Å². The number of rotatable bonds is 5. The summed E-state index contributed by atoms with van der Waals surface area (Å²) in [5.74, 6) is -0.0243. The smallest absolute Gasteiger partial charge is 0.269 e. The van der Waals surface area contributed by atoms with Crippen LogP contribution in [0.1, 0.15) is 12.5 Å². The van der Waals surface area contributed by atoms with Crippen LogP contribution in [0.2, 0.25) is 0 Å². The number of nitrogens with zero attached hydrogens (tertiary/aromatic N) is 2. The van der Waals surface area contributed by atoms with Crippen LogP contribution in [-0.4, -0.2) is 23.1 Å². The molecule has 0 bridgehead atoms. The van der Waals surface area contributed by atoms with E-state index in [4.69, 9.17) is 0 Å². The van der Waals surface area contributed by atoms with E-state index in [1.165, 1.54) is 23.9 Å². The molecule has 2 aromatic rings. The second-order valence-corrected chi connectivity index (χ2v) is 7.67. The number of anilines is 1. The highest BCUT2D eigenvalue weighted by Crippen LogP contribution is 2.29. The molecule has 0 radical (unpaired) electrons. The minimum atomic E-state index is -0.437. The van der Waals surface area contributed by atoms with Gasteiger partial charge in [0.15, 0.2) is 0 Å². The van der Waals surface area contributed by atoms with Crippen molar-refractivity contribution in [2.24, 2.45) is 0 Å². The van der Waals surface area contributed by atoms with E-state index in [0.717, 1.165) is 20.6 Å². The van der Waals surface area contributed by atoms with E-state index in [2.05, 4.69) is 15.9 Å². The Morgan fingerprint density at radius 1 is 1.25 bits per heavy atom. The zero-order valence-corrected chi connectivity index (χ0v) is 15.9. The van der Waals surface area contributed by atoms with Crippen LogP contribution in [0.25, 0.3) is 0 Å². The first-order valence-corrected chi connectivity index (χ1v) is 8.91. The highest BCUT2D eigenvalue weighted by Gasteiger charge is 2.21. The third kappa shape index (κ3) is 4.36. The predicted molar refractivity (Wildman–Crippen MR) is 101 cm³/mol. The average Bonchev–Trinajstić information content (AvgIpc) is 2.54. The Bertz CT molecular complexity index is 765. The van der Waals surface area contributed by atoms with Gasteiger partial charge in [-0.25, -0.2) is 0 Å². The Hall–Kier alpha value is -1.86. The number of hydrogen-bond acceptors (Lipinski definition) is 4. The van der Waals surface area contributed by atoms with Crippen LogP contribution in [0.4, 0.5) is 11.4 Å². The fourth-order valence-electron chi connectivity index (χ4n) is 2.29. The summed E-state index contributed by atoms with van der Waals surface area (Å²) in [5, 5.41) is 10.4. The molecule has 2 aromatic carbocycles. The number of hydrogen-bond donors (Lipinski definition) is 0. The summed E-state index contributed by atoms with van der Waals surface area (Å²) in [7, 11) is 1.76. The summed E-state index contributed by atoms with van der Waals surface area (Å²) < 4.78 is 0.970. The first kappa shape index (κ1) is 18.5. The van der Waals surface area contributed by atoms with Gasteiger partial charge in [0, 0.05) is 34.2 Å². The van der Waals surface area contributed by atoms with Gasteiger partial charge in [-0.05, 0) is 49.7 Å². The molecule has 24 heavy (non-hydrogen) atoms. The Labute approximate surface area is 153 Å². The number of carbonyl (C=O) groups excluding carboxylic acids is 1. The molecule has 126 valence electrons. The van der Waals surface area contributed by atoms with Gasteiger partial charge in [-0.1, -0.05) is 15.9 Å². The van der Waals surface area contributed by atoms with E-state index in [-0.39, 0.29) is 16.8 Å². The van der Waals surface area contributed by atoms with Crippen LogP contribution in [-0.2, 0) is 4.79 Å². The summed E-state index contributed by atoms with van der Waals surface area (Å²) >= 11 is 4.80. The topological polar surface area (TPSA) is 63.5 Å². The van der Waals surface area contributed by atoms with Gasteiger partial charge in [-0.15, -0.1) is 11.8 Å². The Balaban J connectivity index is 2.09. The summed E-state index contributed by atoms with van der Waals surface area (Å²) in [5.41, 5.74) is 1.91. The van der Waals surface area contributed by atoms with Crippen LogP contribution in [0.3, 0.4) is 0 Å². The van der Waals surface area contributed by atoms with Gasteiger partial charge in [0.05, 0.1) is 10.2 Å². The molecular weight excluding hydrogens is 392 g/mol. The van der Waals surface area contributed by atoms with Crippen molar-refractivity contribution in [1.29, 1.82) is 0 Å². The van der Waals surface area contributed by atoms with Gasteiger partial charge in [0.2, 0.25) is 5.91 Å². The Morgan fingerprint density at radius 2 is 1.88 bits per heavy atom. The lowest BCUT2D eigenvalue weighted by Gasteiger charge is -2.23. The van der Waals surface area contributed by atoms with Gasteiger partial charge in [0.25, 0.3) is 5.69 Å². The number of nitro groups is 1. The molecule has 0 N–H and O–H groups in total. The second kappa shape index (κ2) is 7.81. The standard InChI is InChI=1S/C17H17BrN2O3S/c1-11-10-13(18)4-9-16(11)19(3)17(21)12(2)24-15-7-5-14(6-8-15)20(22)23/h4-10,12H,1-3H3. The van der Waals surface area contributed by atoms with Crippen molar-refractivity contribution in [3.05, 3.63) is 62.6 Å². The molecule has 2 rings (SSSR count). The van der Waals surface area contributed by atoms with E-state index in [0.29, 0.717) is 0 Å². The Kier molecular flexibility index (Phi) is 6.01. The quantitative estimate of drug-likeness (QED) is 0.404. The number of nitro benzene ring substituents is 1. The number of benzene rings is 2. The summed E-state index contributed by atoms with van der Waals surface area (Å²) in [4.78, 5) is 25.4. The van der Waals surface area contributed by atoms with Crippen LogP contribution in [0.15, 0.2) is 51.8 Å². The van der Waals surface area contributed by atoms with Crippen molar-refractivity contribution in [2.45, 2.75) is 24.0 Å². The maximum Gasteiger partial charge on any atom is 0.269 e. The van der Waals surface area contributed by atoms with Gasteiger partial charge >= 0.3 is 0 Å². The first-order valence-electron chi connectivity index (χ1n) is 7.24. The number of carbonyl (C=O) groups is 1. The molecule has 0 heterocycles. The zero-order chi connectivity index (χ0) is 17.9. The number of halogens is 1. The molecule has 0 aliphatic rings. The monoisotopic (exact) mass is 408 g/mol. The van der Waals surface area contributed by atoms with Crippen LogP contribution < -0.4 is 4.90 Å². The summed E-state index contributed by atoms with van der Waals surface area (Å²) in [6, 6.07) is 12.0. The molecule has 0 spiro atoms. The number of aryl methyl sites for hydroxylation is 1. The molecule has 0 saturated carbocycles. The van der Waals surface area contributed by atoms with Crippen molar-refractivity contribution in [3.8, 4) is 0 Å². The fraction of sp³-hybridized carbons (Fsp3) is 0.235. The van der Waals surface area contributed by atoms with Gasteiger partial charge in [-0.3, -0.25) is 14.9 Å². The molecule has 1 unspecified atom stereocenters. The molecule has 1 amide bonds. The maximum absolute atomic E-state index is 12.6. The minimum absolute atomic E-state index is 0.0243. The molecular formula is C17H17BrN2O3S. The summed E-state index contributed by atoms with van der Waals surface area (Å²) in [6.07, 6.45) is 0. The number of thioether (sulfide) groups is 1. The number of amides is 1. The second-order valence-electron chi connectivity index (χ2n) is 5.34. The lowest BCUT2D eigenvalue weighted by Crippen LogP contribution is -2.33. The molecule has 5 nitrogen and oxygen atoms in total. The van der Waals surface area contributed by atoms with Crippen LogP contribution in [0, 0.1) is 17.0 Å². The molecule has 1 atom stereocenters. The zero-order valence-electron chi connectivity index (χ0n) is 13.5. The number of non-ortho nitro benzene ring substituents is 1. The van der Waals surface area contributed by atoms with Gasteiger partial charge < -0.3 is 4.90 Å².